The second-order valence-electron chi connectivity index (χ2n) is 3.80. The fraction of sp³-hybridized carbons (Fsp3) is 0.364. The highest BCUT2D eigenvalue weighted by Gasteiger charge is 2.10. The van der Waals surface area contributed by atoms with E-state index in [9.17, 15) is 0 Å². The van der Waals surface area contributed by atoms with Gasteiger partial charge in [-0.3, -0.25) is 0 Å². The summed E-state index contributed by atoms with van der Waals surface area (Å²) in [5.74, 6) is 0.928. The second kappa shape index (κ2) is 3.10. The van der Waals surface area contributed by atoms with Gasteiger partial charge in [-0.1, -0.05) is 0 Å². The van der Waals surface area contributed by atoms with Crippen molar-refractivity contribution >= 4 is 5.52 Å². The molecule has 2 aromatic heterocycles. The van der Waals surface area contributed by atoms with Crippen molar-refractivity contribution in [1.82, 2.24) is 9.38 Å². The molecule has 3 heteroatoms. The molecule has 0 aliphatic rings. The Morgan fingerprint density at radius 2 is 2.14 bits per heavy atom. The summed E-state index contributed by atoms with van der Waals surface area (Å²) in [6.45, 7) is 6.05. The van der Waals surface area contributed by atoms with Crippen LogP contribution in [0, 0.1) is 13.8 Å². The van der Waals surface area contributed by atoms with Crippen molar-refractivity contribution in [3.8, 4) is 0 Å². The molecule has 0 aliphatic heterocycles. The molecule has 74 valence electrons. The van der Waals surface area contributed by atoms with Crippen molar-refractivity contribution in [2.45, 2.75) is 26.8 Å². The molecule has 14 heavy (non-hydrogen) atoms. The molecule has 2 N–H and O–H groups in total. The van der Waals surface area contributed by atoms with Gasteiger partial charge in [-0.15, -0.1) is 0 Å². The van der Waals surface area contributed by atoms with E-state index in [0.29, 0.717) is 0 Å². The Kier molecular flexibility index (Phi) is 2.04. The first kappa shape index (κ1) is 9.21. The van der Waals surface area contributed by atoms with Gasteiger partial charge >= 0.3 is 0 Å². The number of aromatic nitrogens is 2. The van der Waals surface area contributed by atoms with E-state index >= 15 is 0 Å². The SMILES string of the molecule is Cc1ccn2c(C(C)N)nc(C)c2c1. The maximum atomic E-state index is 5.85. The van der Waals surface area contributed by atoms with E-state index in [2.05, 4.69) is 28.4 Å². The number of nitrogens with zero attached hydrogens (tertiary/aromatic N) is 2. The van der Waals surface area contributed by atoms with Gasteiger partial charge in [-0.25, -0.2) is 4.98 Å². The standard InChI is InChI=1S/C11H15N3/c1-7-4-5-14-10(6-7)9(3)13-11(14)8(2)12/h4-6,8H,12H2,1-3H3. The number of hydrogen-bond donors (Lipinski definition) is 1. The molecule has 2 rings (SSSR count). The van der Waals surface area contributed by atoms with Crippen molar-refractivity contribution < 1.29 is 0 Å². The predicted molar refractivity (Wildman–Crippen MR) is 57.3 cm³/mol. The first-order valence-corrected chi connectivity index (χ1v) is 4.80. The minimum Gasteiger partial charge on any atom is -0.322 e. The van der Waals surface area contributed by atoms with Crippen molar-refractivity contribution in [2.75, 3.05) is 0 Å². The van der Waals surface area contributed by atoms with Gasteiger partial charge in [0, 0.05) is 6.20 Å². The lowest BCUT2D eigenvalue weighted by molar-refractivity contribution is 0.734. The van der Waals surface area contributed by atoms with Crippen molar-refractivity contribution in [3.05, 3.63) is 35.4 Å². The molecule has 0 aromatic carbocycles. The molecule has 0 saturated heterocycles. The fourth-order valence-electron chi connectivity index (χ4n) is 1.69. The number of pyridine rings is 1. The number of aryl methyl sites for hydroxylation is 2. The molecule has 0 bridgehead atoms. The van der Waals surface area contributed by atoms with Crippen LogP contribution in [-0.2, 0) is 0 Å². The Hall–Kier alpha value is -1.35. The molecule has 1 atom stereocenters. The third kappa shape index (κ3) is 1.30. The highest BCUT2D eigenvalue weighted by atomic mass is 15.0. The molecular weight excluding hydrogens is 174 g/mol. The van der Waals surface area contributed by atoms with Crippen LogP contribution in [0.4, 0.5) is 0 Å². The number of hydrogen-bond acceptors (Lipinski definition) is 2. The van der Waals surface area contributed by atoms with Crippen LogP contribution in [0.5, 0.6) is 0 Å². The highest BCUT2D eigenvalue weighted by Crippen LogP contribution is 2.17. The van der Waals surface area contributed by atoms with Gasteiger partial charge in [0.15, 0.2) is 0 Å². The summed E-state index contributed by atoms with van der Waals surface area (Å²) in [7, 11) is 0. The molecule has 0 spiro atoms. The van der Waals surface area contributed by atoms with E-state index in [0.717, 1.165) is 17.0 Å². The summed E-state index contributed by atoms with van der Waals surface area (Å²) in [5, 5.41) is 0. The van der Waals surface area contributed by atoms with Gasteiger partial charge in [0.1, 0.15) is 5.82 Å². The van der Waals surface area contributed by atoms with Crippen molar-refractivity contribution in [2.24, 2.45) is 5.73 Å². The van der Waals surface area contributed by atoms with Crippen LogP contribution in [0.2, 0.25) is 0 Å². The zero-order valence-electron chi connectivity index (χ0n) is 8.78. The molecule has 0 fully saturated rings. The summed E-state index contributed by atoms with van der Waals surface area (Å²) >= 11 is 0. The van der Waals surface area contributed by atoms with Crippen LogP contribution >= 0.6 is 0 Å². The first-order valence-electron chi connectivity index (χ1n) is 4.80. The summed E-state index contributed by atoms with van der Waals surface area (Å²) < 4.78 is 2.06. The van der Waals surface area contributed by atoms with E-state index < -0.39 is 0 Å². The molecule has 0 amide bonds. The lowest BCUT2D eigenvalue weighted by Gasteiger charge is -2.04. The third-order valence-electron chi connectivity index (χ3n) is 2.42. The zero-order valence-corrected chi connectivity index (χ0v) is 8.78. The highest BCUT2D eigenvalue weighted by molar-refractivity contribution is 5.54. The van der Waals surface area contributed by atoms with Crippen LogP contribution in [0.1, 0.15) is 30.0 Å². The molecule has 0 saturated carbocycles. The van der Waals surface area contributed by atoms with Gasteiger partial charge in [-0.2, -0.15) is 0 Å². The summed E-state index contributed by atoms with van der Waals surface area (Å²) in [4.78, 5) is 4.47. The van der Waals surface area contributed by atoms with Gasteiger partial charge in [0.2, 0.25) is 0 Å². The average molecular weight is 189 g/mol. The largest absolute Gasteiger partial charge is 0.322 e. The Balaban J connectivity index is 2.77. The summed E-state index contributed by atoms with van der Waals surface area (Å²) in [6, 6.07) is 4.17. The lowest BCUT2D eigenvalue weighted by Crippen LogP contribution is -2.09. The number of imidazole rings is 1. The second-order valence-corrected chi connectivity index (χ2v) is 3.80. The smallest absolute Gasteiger partial charge is 0.130 e. The molecule has 3 nitrogen and oxygen atoms in total. The van der Waals surface area contributed by atoms with Gasteiger partial charge in [0.25, 0.3) is 0 Å². The van der Waals surface area contributed by atoms with Crippen LogP contribution in [-0.4, -0.2) is 9.38 Å². The van der Waals surface area contributed by atoms with Crippen LogP contribution in [0.3, 0.4) is 0 Å². The van der Waals surface area contributed by atoms with E-state index in [1.165, 1.54) is 5.56 Å². The average Bonchev–Trinajstić information content (AvgIpc) is 2.44. The maximum Gasteiger partial charge on any atom is 0.130 e. The molecule has 0 aliphatic carbocycles. The number of fused-ring (bicyclic) bond motifs is 1. The maximum absolute atomic E-state index is 5.85. The quantitative estimate of drug-likeness (QED) is 0.745. The number of rotatable bonds is 1. The normalized spacial score (nSPS) is 13.4. The van der Waals surface area contributed by atoms with E-state index in [1.54, 1.807) is 0 Å². The van der Waals surface area contributed by atoms with E-state index in [1.807, 2.05) is 20.0 Å². The van der Waals surface area contributed by atoms with Gasteiger partial charge in [0.05, 0.1) is 17.3 Å². The van der Waals surface area contributed by atoms with Crippen LogP contribution in [0.15, 0.2) is 18.3 Å². The van der Waals surface area contributed by atoms with Gasteiger partial charge < -0.3 is 10.1 Å². The minimum absolute atomic E-state index is 0.0288. The lowest BCUT2D eigenvalue weighted by atomic mass is 10.2. The van der Waals surface area contributed by atoms with Crippen LogP contribution in [0.25, 0.3) is 5.52 Å². The topological polar surface area (TPSA) is 43.3 Å². The van der Waals surface area contributed by atoms with E-state index in [-0.39, 0.29) is 6.04 Å². The Morgan fingerprint density at radius 1 is 1.43 bits per heavy atom. The Labute approximate surface area is 83.6 Å². The molecule has 0 radical (unpaired) electrons. The Morgan fingerprint density at radius 3 is 2.79 bits per heavy atom. The van der Waals surface area contributed by atoms with Gasteiger partial charge in [-0.05, 0) is 38.5 Å². The van der Waals surface area contributed by atoms with Crippen molar-refractivity contribution in [3.63, 3.8) is 0 Å². The van der Waals surface area contributed by atoms with E-state index in [4.69, 9.17) is 5.73 Å². The van der Waals surface area contributed by atoms with Crippen molar-refractivity contribution in [1.29, 1.82) is 0 Å². The molecule has 1 unspecified atom stereocenters. The van der Waals surface area contributed by atoms with Crippen LogP contribution < -0.4 is 5.73 Å². The fourth-order valence-corrected chi connectivity index (χ4v) is 1.69. The summed E-state index contributed by atoms with van der Waals surface area (Å²) in [5.41, 5.74) is 9.29. The molecule has 2 heterocycles. The molecule has 2 aromatic rings. The summed E-state index contributed by atoms with van der Waals surface area (Å²) in [6.07, 6.45) is 2.03. The zero-order chi connectivity index (χ0) is 10.3. The first-order chi connectivity index (χ1) is 6.59. The Bertz CT molecular complexity index is 469. The molecular formula is C11H15N3. The number of nitrogens with two attached hydrogens (primary N) is 1. The third-order valence-corrected chi connectivity index (χ3v) is 2.42. The predicted octanol–water partition coefficient (Wildman–Crippen LogP) is 1.97. The monoisotopic (exact) mass is 189 g/mol. The minimum atomic E-state index is -0.0288.